The van der Waals surface area contributed by atoms with E-state index in [9.17, 15) is 24.9 Å². The molecule has 2 aliphatic heterocycles. The maximum absolute atomic E-state index is 12.7. The average molecular weight is 509 g/mol. The van der Waals surface area contributed by atoms with Crippen molar-refractivity contribution >= 4 is 11.8 Å². The molecule has 1 aliphatic carbocycles. The molecule has 1 saturated carbocycles. The highest BCUT2D eigenvalue weighted by molar-refractivity contribution is 5.94. The van der Waals surface area contributed by atoms with E-state index in [0.717, 1.165) is 0 Å². The molecule has 1 aromatic carbocycles. The molecule has 0 aromatic heterocycles. The average Bonchev–Trinajstić information content (AvgIpc) is 2.85. The van der Waals surface area contributed by atoms with Crippen molar-refractivity contribution < 1.29 is 39.1 Å². The molecular weight excluding hydrogens is 472 g/mol. The van der Waals surface area contributed by atoms with Gasteiger partial charge < -0.3 is 50.8 Å². The summed E-state index contributed by atoms with van der Waals surface area (Å²) in [6.07, 6.45) is -5.43. The van der Waals surface area contributed by atoms with Crippen molar-refractivity contribution in [1.29, 1.82) is 0 Å². The molecule has 10 atom stereocenters. The van der Waals surface area contributed by atoms with Crippen LogP contribution in [0.4, 0.5) is 0 Å². The van der Waals surface area contributed by atoms with Gasteiger partial charge in [0.25, 0.3) is 5.91 Å². The van der Waals surface area contributed by atoms with Gasteiger partial charge in [-0.25, -0.2) is 0 Å². The molecule has 3 aliphatic rings. The lowest BCUT2D eigenvalue weighted by atomic mass is 9.79. The highest BCUT2D eigenvalue weighted by Crippen LogP contribution is 2.41. The number of rotatable bonds is 7. The summed E-state index contributed by atoms with van der Waals surface area (Å²) in [4.78, 5) is 24.9. The Labute approximate surface area is 209 Å². The summed E-state index contributed by atoms with van der Waals surface area (Å²) in [7, 11) is 3.26. The molecular formula is C24H36N4O8. The minimum atomic E-state index is -2.06. The molecule has 0 radical (unpaired) electrons. The Hall–Kier alpha value is -2.16. The summed E-state index contributed by atoms with van der Waals surface area (Å²) in [6.45, 7) is 1.88. The molecule has 3 fully saturated rings. The Morgan fingerprint density at radius 1 is 1.03 bits per heavy atom. The van der Waals surface area contributed by atoms with Gasteiger partial charge in [0.05, 0.1) is 30.3 Å². The summed E-state index contributed by atoms with van der Waals surface area (Å²) < 4.78 is 17.9. The van der Waals surface area contributed by atoms with E-state index in [2.05, 4.69) is 21.3 Å². The zero-order valence-electron chi connectivity index (χ0n) is 20.6. The van der Waals surface area contributed by atoms with Gasteiger partial charge in [-0.1, -0.05) is 18.2 Å². The van der Waals surface area contributed by atoms with Gasteiger partial charge >= 0.3 is 0 Å². The van der Waals surface area contributed by atoms with E-state index in [0.29, 0.717) is 5.56 Å². The Morgan fingerprint density at radius 3 is 2.39 bits per heavy atom. The van der Waals surface area contributed by atoms with E-state index in [1.165, 1.54) is 0 Å². The molecule has 12 heteroatoms. The molecule has 0 bridgehead atoms. The number of hydrogen-bond donors (Lipinski definition) is 7. The van der Waals surface area contributed by atoms with E-state index in [-0.39, 0.29) is 31.4 Å². The second-order valence-corrected chi connectivity index (χ2v) is 9.55. The molecule has 0 spiro atoms. The third-order valence-electron chi connectivity index (χ3n) is 7.16. The first-order chi connectivity index (χ1) is 17.2. The van der Waals surface area contributed by atoms with Gasteiger partial charge in [-0.3, -0.25) is 9.59 Å². The van der Waals surface area contributed by atoms with Crippen LogP contribution in [-0.4, -0.2) is 108 Å². The molecule has 4 rings (SSSR count). The number of carbonyl (C=O) groups excluding carboxylic acids is 2. The lowest BCUT2D eigenvalue weighted by Gasteiger charge is -2.58. The number of fused-ring (bicyclic) bond motifs is 2. The van der Waals surface area contributed by atoms with Crippen LogP contribution in [0.5, 0.6) is 0 Å². The van der Waals surface area contributed by atoms with Crippen LogP contribution in [0, 0.1) is 0 Å². The molecule has 7 N–H and O–H groups in total. The molecule has 2 saturated heterocycles. The second kappa shape index (κ2) is 11.1. The summed E-state index contributed by atoms with van der Waals surface area (Å²) in [5.41, 5.74) is 0.493. The zero-order valence-corrected chi connectivity index (χ0v) is 20.6. The maximum Gasteiger partial charge on any atom is 0.251 e. The van der Waals surface area contributed by atoms with E-state index in [1.807, 2.05) is 6.07 Å². The van der Waals surface area contributed by atoms with Crippen LogP contribution in [0.2, 0.25) is 0 Å². The normalized spacial score (nSPS) is 40.0. The number of aliphatic hydroxyl groups excluding tert-OH is 2. The fourth-order valence-electron chi connectivity index (χ4n) is 5.26. The summed E-state index contributed by atoms with van der Waals surface area (Å²) >= 11 is 0. The van der Waals surface area contributed by atoms with Crippen molar-refractivity contribution in [2.24, 2.45) is 0 Å². The number of likely N-dealkylation sites (N-methyl/N-ethyl adjacent to an activating group) is 2. The molecule has 36 heavy (non-hydrogen) atoms. The quantitative estimate of drug-likeness (QED) is 0.215. The monoisotopic (exact) mass is 508 g/mol. The van der Waals surface area contributed by atoms with Gasteiger partial charge in [0.15, 0.2) is 0 Å². The third kappa shape index (κ3) is 5.13. The van der Waals surface area contributed by atoms with Gasteiger partial charge in [0.1, 0.15) is 18.3 Å². The van der Waals surface area contributed by atoms with Crippen molar-refractivity contribution in [2.75, 3.05) is 20.6 Å². The van der Waals surface area contributed by atoms with Crippen molar-refractivity contribution in [3.63, 3.8) is 0 Å². The smallest absolute Gasteiger partial charge is 0.251 e. The molecule has 8 unspecified atom stereocenters. The lowest BCUT2D eigenvalue weighted by molar-refractivity contribution is -0.449. The van der Waals surface area contributed by atoms with Gasteiger partial charge in [0, 0.05) is 18.5 Å². The molecule has 1 aromatic rings. The first-order valence-electron chi connectivity index (χ1n) is 12.2. The fourth-order valence-corrected chi connectivity index (χ4v) is 5.26. The van der Waals surface area contributed by atoms with Crippen LogP contribution in [0.25, 0.3) is 0 Å². The second-order valence-electron chi connectivity index (χ2n) is 9.55. The Morgan fingerprint density at radius 2 is 1.72 bits per heavy atom. The number of hydrogen-bond acceptors (Lipinski definition) is 10. The van der Waals surface area contributed by atoms with E-state index in [4.69, 9.17) is 14.2 Å². The lowest BCUT2D eigenvalue weighted by Crippen LogP contribution is -2.79. The van der Waals surface area contributed by atoms with Crippen molar-refractivity contribution in [3.05, 3.63) is 35.9 Å². The Bertz CT molecular complexity index is 923. The van der Waals surface area contributed by atoms with Gasteiger partial charge in [0.2, 0.25) is 18.0 Å². The highest BCUT2D eigenvalue weighted by atomic mass is 16.8. The summed E-state index contributed by atoms with van der Waals surface area (Å²) in [5.74, 6) is -2.74. The number of amides is 2. The van der Waals surface area contributed by atoms with Crippen LogP contribution in [0.1, 0.15) is 30.1 Å². The van der Waals surface area contributed by atoms with Crippen molar-refractivity contribution in [2.45, 2.75) is 80.5 Å². The number of ether oxygens (including phenoxy) is 3. The molecule has 2 heterocycles. The zero-order chi connectivity index (χ0) is 26.0. The largest absolute Gasteiger partial charge is 0.390 e. The van der Waals surface area contributed by atoms with Crippen LogP contribution in [0.3, 0.4) is 0 Å². The summed E-state index contributed by atoms with van der Waals surface area (Å²) in [6, 6.07) is 6.41. The first kappa shape index (κ1) is 26.9. The fraction of sp³-hybridized carbons (Fsp3) is 0.667. The first-order valence-corrected chi connectivity index (χ1v) is 12.2. The standard InChI is InChI=1S/C24H36N4O8/c1-12-11-14(28-15(29)9-10-27-22(32)13-7-5-4-6-8-13)24(33)23(34-12)35-21-19(31)16(25-2)18(30)17(26-3)20(21)36-24/h4-8,12,14,16-21,23,25-26,30-31,33H,9-11H2,1-3H3,(H,27,32)(H,28,29)/t12-,14?,16?,17?,18?,19+,20?,21?,23?,24?/m1/s1. The Kier molecular flexibility index (Phi) is 8.27. The number of benzene rings is 1. The Balaban J connectivity index is 1.42. The van der Waals surface area contributed by atoms with Gasteiger partial charge in [-0.05, 0) is 39.6 Å². The SMILES string of the molecule is CNC1C(O)C(NC)[C@H](O)C2OC3O[C@H](C)CC(NC(=O)CCNC(=O)c4ccccc4)C3(O)OC12. The maximum atomic E-state index is 12.7. The predicted molar refractivity (Wildman–Crippen MR) is 127 cm³/mol. The predicted octanol–water partition coefficient (Wildman–Crippen LogP) is -2.19. The van der Waals surface area contributed by atoms with Crippen LogP contribution < -0.4 is 21.3 Å². The minimum absolute atomic E-state index is 0.0155. The number of carbonyl (C=O) groups is 2. The van der Waals surface area contributed by atoms with E-state index < -0.39 is 60.5 Å². The number of aliphatic hydroxyl groups is 3. The third-order valence-corrected chi connectivity index (χ3v) is 7.16. The highest BCUT2D eigenvalue weighted by Gasteiger charge is 2.63. The van der Waals surface area contributed by atoms with Crippen LogP contribution >= 0.6 is 0 Å². The topological polar surface area (TPSA) is 171 Å². The molecule has 200 valence electrons. The van der Waals surface area contributed by atoms with Crippen molar-refractivity contribution in [1.82, 2.24) is 21.3 Å². The number of nitrogens with one attached hydrogen (secondary N) is 4. The molecule has 12 nitrogen and oxygen atoms in total. The van der Waals surface area contributed by atoms with Crippen LogP contribution in [0.15, 0.2) is 30.3 Å². The van der Waals surface area contributed by atoms with E-state index in [1.54, 1.807) is 45.3 Å². The van der Waals surface area contributed by atoms with Crippen molar-refractivity contribution in [3.8, 4) is 0 Å². The summed E-state index contributed by atoms with van der Waals surface area (Å²) in [5, 5.41) is 44.5. The van der Waals surface area contributed by atoms with Crippen LogP contribution in [-0.2, 0) is 19.0 Å². The van der Waals surface area contributed by atoms with Gasteiger partial charge in [-0.2, -0.15) is 0 Å². The van der Waals surface area contributed by atoms with E-state index >= 15 is 0 Å². The minimum Gasteiger partial charge on any atom is -0.390 e. The molecule has 2 amide bonds. The van der Waals surface area contributed by atoms with Gasteiger partial charge in [-0.15, -0.1) is 0 Å².